The van der Waals surface area contributed by atoms with Gasteiger partial charge in [0.25, 0.3) is 47.3 Å². The summed E-state index contributed by atoms with van der Waals surface area (Å²) in [5, 5.41) is 1.40. The summed E-state index contributed by atoms with van der Waals surface area (Å²) >= 11 is 0. The molecule has 3 saturated carbocycles. The van der Waals surface area contributed by atoms with Crippen LogP contribution in [-0.2, 0) is 0 Å². The summed E-state index contributed by atoms with van der Waals surface area (Å²) in [7, 11) is 0. The molecule has 4 aromatic carbocycles. The molecule has 0 saturated heterocycles. The second-order valence-electron chi connectivity index (χ2n) is 17.1. The number of carbonyl (C=O) groups excluding carboxylic acids is 8. The van der Waals surface area contributed by atoms with Crippen molar-refractivity contribution < 1.29 is 38.4 Å². The van der Waals surface area contributed by atoms with Gasteiger partial charge in [-0.2, -0.15) is 0 Å². The Morgan fingerprint density at radius 2 is 0.431 bits per heavy atom. The van der Waals surface area contributed by atoms with Crippen LogP contribution >= 0.6 is 0 Å². The van der Waals surface area contributed by atoms with Crippen LogP contribution in [-0.4, -0.2) is 91.0 Å². The Bertz CT molecular complexity index is 2320. The van der Waals surface area contributed by atoms with Crippen molar-refractivity contribution in [2.24, 2.45) is 0 Å². The largest absolute Gasteiger partial charge is 0.271 e. The van der Waals surface area contributed by atoms with Crippen molar-refractivity contribution in [1.29, 1.82) is 0 Å². The highest BCUT2D eigenvalue weighted by molar-refractivity contribution is 6.35. The number of amides is 8. The summed E-state index contributed by atoms with van der Waals surface area (Å²) in [6, 6.07) is 11.5. The minimum atomic E-state index is -0.505. The molecule has 12 heteroatoms. The van der Waals surface area contributed by atoms with Crippen molar-refractivity contribution in [3.8, 4) is 0 Å². The first kappa shape index (κ1) is 35.1. The number of hydrogen-bond acceptors (Lipinski definition) is 8. The van der Waals surface area contributed by atoms with E-state index < -0.39 is 35.7 Å². The van der Waals surface area contributed by atoms with Gasteiger partial charge in [-0.05, 0) is 99.9 Å². The molecule has 0 atom stereocenters. The van der Waals surface area contributed by atoms with Crippen molar-refractivity contribution in [3.63, 3.8) is 0 Å². The highest BCUT2D eigenvalue weighted by Crippen LogP contribution is 2.44. The van der Waals surface area contributed by atoms with Crippen LogP contribution in [0, 0.1) is 0 Å². The minimum Gasteiger partial charge on any atom is -0.271 e. The Morgan fingerprint density at radius 3 is 0.621 bits per heavy atom. The van der Waals surface area contributed by atoms with Gasteiger partial charge in [0.2, 0.25) is 0 Å². The lowest BCUT2D eigenvalue weighted by molar-refractivity contribution is 0.0376. The predicted molar refractivity (Wildman–Crippen MR) is 210 cm³/mol. The van der Waals surface area contributed by atoms with E-state index in [-0.39, 0.29) is 58.0 Å². The molecule has 0 spiro atoms. The third-order valence-corrected chi connectivity index (χ3v) is 14.2. The normalized spacial score (nSPS) is 23.9. The number of imide groups is 4. The van der Waals surface area contributed by atoms with E-state index >= 15 is 0 Å². The smallest absolute Gasteiger partial charge is 0.261 e. The standard InChI is InChI=1S/C46H40N4O8/c51-39-27-15-19-31-37-32(20-16-28(35(27)37)40(52)47(39)23-7-3-1-4-8-23)44(56)49(43(31)55)25-11-13-26(14-12-25)50-45(57)33-21-17-29-36-30(18-22-34(38(33)36)46(50)58)42(54)48(41(29)53)24-9-5-2-6-10-24/h15-26H,1-14H2. The van der Waals surface area contributed by atoms with Crippen LogP contribution in [0.1, 0.15) is 173 Å². The Labute approximate surface area is 333 Å². The first-order chi connectivity index (χ1) is 28.2. The molecule has 292 valence electrons. The molecular formula is C46H40N4O8. The quantitative estimate of drug-likeness (QED) is 0.200. The number of hydrogen-bond donors (Lipinski definition) is 0. The summed E-state index contributed by atoms with van der Waals surface area (Å²) in [6.45, 7) is 0. The zero-order valence-corrected chi connectivity index (χ0v) is 31.9. The van der Waals surface area contributed by atoms with Crippen LogP contribution in [0.15, 0.2) is 48.5 Å². The molecule has 4 aliphatic heterocycles. The van der Waals surface area contributed by atoms with E-state index in [1.165, 1.54) is 19.6 Å². The van der Waals surface area contributed by atoms with Crippen molar-refractivity contribution >= 4 is 68.8 Å². The topological polar surface area (TPSA) is 150 Å². The predicted octanol–water partition coefficient (Wildman–Crippen LogP) is 7.05. The molecule has 3 fully saturated rings. The van der Waals surface area contributed by atoms with Gasteiger partial charge in [0, 0.05) is 90.2 Å². The molecule has 7 aliphatic rings. The van der Waals surface area contributed by atoms with E-state index in [0.717, 1.165) is 64.2 Å². The van der Waals surface area contributed by atoms with Crippen LogP contribution < -0.4 is 0 Å². The maximum absolute atomic E-state index is 14.2. The number of benzene rings is 4. The molecule has 0 unspecified atom stereocenters. The van der Waals surface area contributed by atoms with Gasteiger partial charge in [-0.3, -0.25) is 58.0 Å². The van der Waals surface area contributed by atoms with Gasteiger partial charge in [-0.25, -0.2) is 0 Å². The molecule has 58 heavy (non-hydrogen) atoms. The van der Waals surface area contributed by atoms with E-state index in [1.807, 2.05) is 0 Å². The Kier molecular flexibility index (Phi) is 7.71. The van der Waals surface area contributed by atoms with E-state index in [2.05, 4.69) is 0 Å². The number of rotatable bonds is 4. The third kappa shape index (κ3) is 4.68. The third-order valence-electron chi connectivity index (χ3n) is 14.2. The summed E-state index contributed by atoms with van der Waals surface area (Å²) in [6.07, 6.45) is 10.4. The Hall–Kier alpha value is -6.04. The summed E-state index contributed by atoms with van der Waals surface area (Å²) < 4.78 is 0. The molecule has 4 aromatic rings. The molecule has 0 bridgehead atoms. The van der Waals surface area contributed by atoms with Gasteiger partial charge >= 0.3 is 0 Å². The van der Waals surface area contributed by atoms with E-state index in [4.69, 9.17) is 0 Å². The Morgan fingerprint density at radius 1 is 0.259 bits per heavy atom. The second kappa shape index (κ2) is 12.7. The van der Waals surface area contributed by atoms with Gasteiger partial charge < -0.3 is 0 Å². The maximum atomic E-state index is 14.2. The average molecular weight is 777 g/mol. The highest BCUT2D eigenvalue weighted by Gasteiger charge is 2.47. The zero-order chi connectivity index (χ0) is 39.7. The van der Waals surface area contributed by atoms with Gasteiger partial charge in [-0.1, -0.05) is 38.5 Å². The summed E-state index contributed by atoms with van der Waals surface area (Å²) in [5.41, 5.74) is 2.36. The summed E-state index contributed by atoms with van der Waals surface area (Å²) in [5.74, 6) is -3.53. The lowest BCUT2D eigenvalue weighted by atomic mass is 9.81. The SMILES string of the molecule is O=C1c2ccc3c4c(ccc(c24)C(=O)N1C1CCCCC1)C(=O)N(C1CCC(N2C(=O)c4ccc5c6c(ccc(c46)C2=O)C(=O)N(C2CCCCC2)C5=O)CC1)C3=O. The van der Waals surface area contributed by atoms with Crippen LogP contribution in [0.2, 0.25) is 0 Å². The minimum absolute atomic E-state index is 0.175. The van der Waals surface area contributed by atoms with Crippen molar-refractivity contribution in [3.05, 3.63) is 93.0 Å². The van der Waals surface area contributed by atoms with Gasteiger partial charge in [0.05, 0.1) is 0 Å². The first-order valence-electron chi connectivity index (χ1n) is 20.9. The lowest BCUT2D eigenvalue weighted by Gasteiger charge is -2.42. The van der Waals surface area contributed by atoms with Crippen LogP contribution in [0.5, 0.6) is 0 Å². The van der Waals surface area contributed by atoms with Crippen molar-refractivity contribution in [2.45, 2.75) is 114 Å². The first-order valence-corrected chi connectivity index (χ1v) is 20.9. The molecular weight excluding hydrogens is 737 g/mol. The number of carbonyl (C=O) groups is 8. The summed E-state index contributed by atoms with van der Waals surface area (Å²) in [4.78, 5) is 118. The fraction of sp³-hybridized carbons (Fsp3) is 0.391. The average Bonchev–Trinajstić information content (AvgIpc) is 3.24. The molecule has 3 aliphatic carbocycles. The van der Waals surface area contributed by atoms with Crippen LogP contribution in [0.25, 0.3) is 21.5 Å². The van der Waals surface area contributed by atoms with Crippen molar-refractivity contribution in [1.82, 2.24) is 19.6 Å². The van der Waals surface area contributed by atoms with Crippen LogP contribution in [0.3, 0.4) is 0 Å². The van der Waals surface area contributed by atoms with Crippen molar-refractivity contribution in [2.75, 3.05) is 0 Å². The van der Waals surface area contributed by atoms with E-state index in [9.17, 15) is 38.4 Å². The lowest BCUT2D eigenvalue weighted by Crippen LogP contribution is -2.53. The fourth-order valence-electron chi connectivity index (χ4n) is 11.4. The van der Waals surface area contributed by atoms with E-state index in [0.29, 0.717) is 69.5 Å². The molecule has 0 aromatic heterocycles. The molecule has 12 nitrogen and oxygen atoms in total. The van der Waals surface area contributed by atoms with Crippen LogP contribution in [0.4, 0.5) is 0 Å². The second-order valence-corrected chi connectivity index (χ2v) is 17.1. The van der Waals surface area contributed by atoms with Gasteiger partial charge in [-0.15, -0.1) is 0 Å². The maximum Gasteiger partial charge on any atom is 0.261 e. The Balaban J connectivity index is 0.853. The fourth-order valence-corrected chi connectivity index (χ4v) is 11.4. The van der Waals surface area contributed by atoms with Gasteiger partial charge in [0.15, 0.2) is 0 Å². The zero-order valence-electron chi connectivity index (χ0n) is 31.9. The van der Waals surface area contributed by atoms with E-state index in [1.54, 1.807) is 48.5 Å². The molecule has 8 amide bonds. The molecule has 4 heterocycles. The van der Waals surface area contributed by atoms with Gasteiger partial charge in [0.1, 0.15) is 0 Å². The number of nitrogens with zero attached hydrogens (tertiary/aromatic N) is 4. The molecule has 0 radical (unpaired) electrons. The monoisotopic (exact) mass is 776 g/mol. The molecule has 0 N–H and O–H groups in total. The highest BCUT2D eigenvalue weighted by atomic mass is 16.2. The molecule has 11 rings (SSSR count).